The number of amides is 2. The number of ether oxygens (including phenoxy) is 1. The van der Waals surface area contributed by atoms with E-state index in [0.717, 1.165) is 0 Å². The topological polar surface area (TPSA) is 184 Å². The number of hydrogen-bond acceptors (Lipinski definition) is 8. The molecule has 6 atom stereocenters. The maximum Gasteiger partial charge on any atom is 0.408 e. The fourth-order valence-corrected chi connectivity index (χ4v) is 5.49. The number of hydrogen-bond donors (Lipinski definition) is 5. The molecule has 0 saturated heterocycles. The predicted octanol–water partition coefficient (Wildman–Crippen LogP) is 0.469. The van der Waals surface area contributed by atoms with E-state index in [1.54, 1.807) is 20.8 Å². The molecule has 5 N–H and O–H groups in total. The summed E-state index contributed by atoms with van der Waals surface area (Å²) in [4.78, 5) is 52.7. The van der Waals surface area contributed by atoms with Crippen LogP contribution >= 0.6 is 11.8 Å². The predicted molar refractivity (Wildman–Crippen MR) is 106 cm³/mol. The number of H-pyrrole nitrogens is 1. The van der Waals surface area contributed by atoms with Crippen LogP contribution in [0.5, 0.6) is 0 Å². The highest BCUT2D eigenvalue weighted by Gasteiger charge is 2.75. The zero-order valence-electron chi connectivity index (χ0n) is 17.4. The largest absolute Gasteiger partial charge is 0.481 e. The number of nitrogens with one attached hydrogen (secondary N) is 3. The van der Waals surface area contributed by atoms with Crippen LogP contribution in [0.4, 0.5) is 4.79 Å². The summed E-state index contributed by atoms with van der Waals surface area (Å²) in [5.41, 5.74) is -2.54. The standard InChI is InChI=1S/C18H25N5O7S/c1-7(21-16(29)30-17(2,3)4)12(24)22-18(14(27)28)5-8(31-15-19-6-20-23-15)9-10(11(9)18)13(25)26/h6-11H,5H2,1-4H3,(H,21,29)(H,22,24)(H,25,26)(H,27,28)(H,19,20,23). The third kappa shape index (κ3) is 4.60. The molecule has 1 aromatic heterocycles. The second-order valence-electron chi connectivity index (χ2n) is 8.75. The van der Waals surface area contributed by atoms with Gasteiger partial charge >= 0.3 is 18.0 Å². The van der Waals surface area contributed by atoms with Crippen LogP contribution in [0.25, 0.3) is 0 Å². The van der Waals surface area contributed by atoms with Gasteiger partial charge in [0.2, 0.25) is 5.91 Å². The molecule has 2 aliphatic carbocycles. The number of carbonyl (C=O) groups is 4. The highest BCUT2D eigenvalue weighted by Crippen LogP contribution is 2.65. The number of carboxylic acids is 2. The van der Waals surface area contributed by atoms with E-state index < -0.39 is 64.1 Å². The van der Waals surface area contributed by atoms with Crippen LogP contribution in [0, 0.1) is 17.8 Å². The van der Waals surface area contributed by atoms with Crippen molar-refractivity contribution in [2.45, 2.75) is 61.7 Å². The van der Waals surface area contributed by atoms with Crippen molar-refractivity contribution in [3.8, 4) is 0 Å². The molecule has 1 heterocycles. The highest BCUT2D eigenvalue weighted by atomic mass is 32.2. The molecule has 2 saturated carbocycles. The Morgan fingerprint density at radius 1 is 1.32 bits per heavy atom. The fourth-order valence-electron chi connectivity index (χ4n) is 4.15. The van der Waals surface area contributed by atoms with Gasteiger partial charge in [-0.25, -0.2) is 14.6 Å². The first kappa shape index (κ1) is 22.8. The Balaban J connectivity index is 1.76. The van der Waals surface area contributed by atoms with Crippen LogP contribution in [0.1, 0.15) is 34.1 Å². The summed E-state index contributed by atoms with van der Waals surface area (Å²) in [6.07, 6.45) is 0.488. The van der Waals surface area contributed by atoms with Crippen molar-refractivity contribution >= 4 is 35.7 Å². The quantitative estimate of drug-likeness (QED) is 0.387. The summed E-state index contributed by atoms with van der Waals surface area (Å²) in [5, 5.41) is 30.9. The lowest BCUT2D eigenvalue weighted by Gasteiger charge is -2.31. The normalized spacial score (nSPS) is 30.1. The first-order chi connectivity index (χ1) is 14.4. The second-order valence-corrected chi connectivity index (χ2v) is 9.98. The number of carbonyl (C=O) groups excluding carboxylic acids is 2. The number of fused-ring (bicyclic) bond motifs is 1. The molecule has 0 aliphatic heterocycles. The number of rotatable bonds is 7. The van der Waals surface area contributed by atoms with Crippen LogP contribution < -0.4 is 10.6 Å². The first-order valence-corrected chi connectivity index (χ1v) is 10.5. The van der Waals surface area contributed by atoms with Gasteiger partial charge in [0, 0.05) is 11.2 Å². The average Bonchev–Trinajstić information content (AvgIpc) is 3.03. The van der Waals surface area contributed by atoms with Gasteiger partial charge in [0.25, 0.3) is 0 Å². The SMILES string of the molecule is CC(NC(=O)OC(C)(C)C)C(=O)NC1(C(=O)O)CC(Sc2ncn[nH]2)C2C(C(=O)O)C21. The molecule has 12 nitrogen and oxygen atoms in total. The molecule has 2 amide bonds. The number of aliphatic carboxylic acids is 2. The maximum atomic E-state index is 12.7. The molecule has 2 fully saturated rings. The van der Waals surface area contributed by atoms with Crippen molar-refractivity contribution in [2.75, 3.05) is 0 Å². The van der Waals surface area contributed by atoms with Gasteiger partial charge in [-0.05, 0) is 40.0 Å². The van der Waals surface area contributed by atoms with E-state index in [-0.39, 0.29) is 6.42 Å². The Morgan fingerprint density at radius 3 is 2.52 bits per heavy atom. The van der Waals surface area contributed by atoms with Crippen LogP contribution in [0.15, 0.2) is 11.5 Å². The van der Waals surface area contributed by atoms with Gasteiger partial charge in [-0.15, -0.1) is 0 Å². The van der Waals surface area contributed by atoms with E-state index in [9.17, 15) is 29.4 Å². The number of thioether (sulfide) groups is 1. The van der Waals surface area contributed by atoms with E-state index >= 15 is 0 Å². The molecule has 13 heteroatoms. The fraction of sp³-hybridized carbons (Fsp3) is 0.667. The lowest BCUT2D eigenvalue weighted by molar-refractivity contribution is -0.150. The lowest BCUT2D eigenvalue weighted by atomic mass is 9.89. The Bertz CT molecular complexity index is 886. The summed E-state index contributed by atoms with van der Waals surface area (Å²) in [6, 6.07) is -1.09. The molecule has 1 aromatic rings. The molecule has 0 aromatic carbocycles. The molecular formula is C18H25N5O7S. The molecule has 0 bridgehead atoms. The summed E-state index contributed by atoms with van der Waals surface area (Å²) in [7, 11) is 0. The van der Waals surface area contributed by atoms with Gasteiger partial charge in [-0.1, -0.05) is 11.8 Å². The van der Waals surface area contributed by atoms with Gasteiger partial charge in [-0.3, -0.25) is 14.7 Å². The monoisotopic (exact) mass is 455 g/mol. The van der Waals surface area contributed by atoms with Crippen LogP contribution in [-0.2, 0) is 19.1 Å². The van der Waals surface area contributed by atoms with E-state index in [2.05, 4.69) is 25.8 Å². The van der Waals surface area contributed by atoms with E-state index in [4.69, 9.17) is 4.74 Å². The molecular weight excluding hydrogens is 430 g/mol. The Morgan fingerprint density at radius 2 is 2.00 bits per heavy atom. The lowest BCUT2D eigenvalue weighted by Crippen LogP contribution is -2.60. The van der Waals surface area contributed by atoms with Crippen molar-refractivity contribution in [2.24, 2.45) is 17.8 Å². The van der Waals surface area contributed by atoms with Gasteiger partial charge in [0.15, 0.2) is 5.16 Å². The molecule has 6 unspecified atom stereocenters. The minimum atomic E-state index is -1.77. The highest BCUT2D eigenvalue weighted by molar-refractivity contribution is 7.99. The van der Waals surface area contributed by atoms with E-state index in [1.165, 1.54) is 25.0 Å². The minimum absolute atomic E-state index is 0.0116. The van der Waals surface area contributed by atoms with Crippen molar-refractivity contribution in [1.82, 2.24) is 25.8 Å². The van der Waals surface area contributed by atoms with Gasteiger partial charge in [0.05, 0.1) is 5.92 Å². The summed E-state index contributed by atoms with van der Waals surface area (Å²) >= 11 is 1.20. The molecule has 31 heavy (non-hydrogen) atoms. The number of carboxylic acid groups (broad SMARTS) is 2. The molecule has 170 valence electrons. The van der Waals surface area contributed by atoms with E-state index in [1.807, 2.05) is 0 Å². The Labute approximate surface area is 181 Å². The average molecular weight is 455 g/mol. The zero-order chi connectivity index (χ0) is 23.1. The molecule has 0 radical (unpaired) electrons. The van der Waals surface area contributed by atoms with Crippen molar-refractivity contribution in [3.05, 3.63) is 6.33 Å². The summed E-state index contributed by atoms with van der Waals surface area (Å²) in [6.45, 7) is 6.40. The number of nitrogens with zero attached hydrogens (tertiary/aromatic N) is 2. The van der Waals surface area contributed by atoms with Crippen molar-refractivity contribution in [1.29, 1.82) is 0 Å². The summed E-state index contributed by atoms with van der Waals surface area (Å²) < 4.78 is 5.11. The number of alkyl carbamates (subject to hydrolysis) is 1. The first-order valence-electron chi connectivity index (χ1n) is 9.65. The van der Waals surface area contributed by atoms with Crippen LogP contribution in [0.2, 0.25) is 0 Å². The minimum Gasteiger partial charge on any atom is -0.481 e. The second kappa shape index (κ2) is 8.02. The zero-order valence-corrected chi connectivity index (χ0v) is 18.2. The number of aromatic nitrogens is 3. The summed E-state index contributed by atoms with van der Waals surface area (Å²) in [5.74, 6) is -5.30. The number of aromatic amines is 1. The molecule has 3 rings (SSSR count). The molecule has 2 aliphatic rings. The van der Waals surface area contributed by atoms with Crippen LogP contribution in [-0.4, -0.2) is 71.8 Å². The smallest absolute Gasteiger partial charge is 0.408 e. The van der Waals surface area contributed by atoms with Gasteiger partial charge in [-0.2, -0.15) is 5.10 Å². The van der Waals surface area contributed by atoms with Crippen LogP contribution in [0.3, 0.4) is 0 Å². The Kier molecular flexibility index (Phi) is 5.91. The van der Waals surface area contributed by atoms with Crippen molar-refractivity contribution in [3.63, 3.8) is 0 Å². The third-order valence-electron chi connectivity index (χ3n) is 5.39. The maximum absolute atomic E-state index is 12.7. The van der Waals surface area contributed by atoms with Gasteiger partial charge < -0.3 is 25.6 Å². The Hall–Kier alpha value is -2.83. The van der Waals surface area contributed by atoms with Gasteiger partial charge in [0.1, 0.15) is 23.5 Å². The third-order valence-corrected chi connectivity index (χ3v) is 6.60. The van der Waals surface area contributed by atoms with E-state index in [0.29, 0.717) is 5.16 Å². The molecule has 0 spiro atoms. The van der Waals surface area contributed by atoms with Crippen molar-refractivity contribution < 1.29 is 34.1 Å².